The number of amides is 2. The standard InChI is InChI=1S/C14H19BrN2O/c1-9(11-6-7-11)16-14(18)17-10(2)12-4-3-5-13(15)8-12/h3-5,8-11H,6-7H2,1-2H3,(H2,16,17,18). The van der Waals surface area contributed by atoms with Gasteiger partial charge in [0, 0.05) is 10.5 Å². The van der Waals surface area contributed by atoms with E-state index in [1.807, 2.05) is 31.2 Å². The fraction of sp³-hybridized carbons (Fsp3) is 0.500. The normalized spacial score (nSPS) is 17.9. The number of benzene rings is 1. The van der Waals surface area contributed by atoms with Crippen LogP contribution in [0.25, 0.3) is 0 Å². The van der Waals surface area contributed by atoms with Gasteiger partial charge in [0.1, 0.15) is 0 Å². The summed E-state index contributed by atoms with van der Waals surface area (Å²) in [6, 6.07) is 8.19. The molecule has 0 bridgehead atoms. The molecule has 3 nitrogen and oxygen atoms in total. The van der Waals surface area contributed by atoms with E-state index in [-0.39, 0.29) is 18.1 Å². The van der Waals surface area contributed by atoms with Crippen molar-refractivity contribution in [3.05, 3.63) is 34.3 Å². The molecule has 2 N–H and O–H groups in total. The Bertz CT molecular complexity index is 432. The summed E-state index contributed by atoms with van der Waals surface area (Å²) in [6.07, 6.45) is 2.48. The molecule has 0 radical (unpaired) electrons. The number of rotatable bonds is 4. The average Bonchev–Trinajstić information content (AvgIpc) is 3.12. The molecule has 98 valence electrons. The van der Waals surface area contributed by atoms with Gasteiger partial charge in [0.25, 0.3) is 0 Å². The van der Waals surface area contributed by atoms with E-state index in [4.69, 9.17) is 0 Å². The Kier molecular flexibility index (Phi) is 4.27. The monoisotopic (exact) mass is 310 g/mol. The Morgan fingerprint density at radius 3 is 2.67 bits per heavy atom. The number of urea groups is 1. The Morgan fingerprint density at radius 2 is 2.06 bits per heavy atom. The lowest BCUT2D eigenvalue weighted by Gasteiger charge is -2.18. The third-order valence-electron chi connectivity index (χ3n) is 3.38. The highest BCUT2D eigenvalue weighted by molar-refractivity contribution is 9.10. The third-order valence-corrected chi connectivity index (χ3v) is 3.88. The predicted molar refractivity (Wildman–Crippen MR) is 76.4 cm³/mol. The number of carbonyl (C=O) groups is 1. The summed E-state index contributed by atoms with van der Waals surface area (Å²) >= 11 is 3.44. The van der Waals surface area contributed by atoms with E-state index >= 15 is 0 Å². The highest BCUT2D eigenvalue weighted by Gasteiger charge is 2.29. The Balaban J connectivity index is 1.86. The minimum atomic E-state index is -0.0816. The minimum Gasteiger partial charge on any atom is -0.335 e. The van der Waals surface area contributed by atoms with Crippen LogP contribution >= 0.6 is 15.9 Å². The van der Waals surface area contributed by atoms with Gasteiger partial charge in [0.15, 0.2) is 0 Å². The first kappa shape index (κ1) is 13.4. The summed E-state index contributed by atoms with van der Waals surface area (Å²) in [6.45, 7) is 4.06. The van der Waals surface area contributed by atoms with Crippen molar-refractivity contribution in [1.82, 2.24) is 10.6 Å². The molecule has 0 spiro atoms. The Labute approximate surface area is 116 Å². The summed E-state index contributed by atoms with van der Waals surface area (Å²) in [5.41, 5.74) is 1.10. The first-order valence-corrected chi connectivity index (χ1v) is 7.18. The van der Waals surface area contributed by atoms with E-state index in [9.17, 15) is 4.79 Å². The van der Waals surface area contributed by atoms with Crippen LogP contribution < -0.4 is 10.6 Å². The third kappa shape index (κ3) is 3.73. The predicted octanol–water partition coefficient (Wildman–Crippen LogP) is 3.61. The molecule has 2 unspecified atom stereocenters. The van der Waals surface area contributed by atoms with E-state index in [2.05, 4.69) is 33.5 Å². The maximum atomic E-state index is 11.8. The summed E-state index contributed by atoms with van der Waals surface area (Å²) in [5, 5.41) is 5.96. The molecule has 2 atom stereocenters. The quantitative estimate of drug-likeness (QED) is 0.876. The molecule has 1 aromatic rings. The zero-order valence-corrected chi connectivity index (χ0v) is 12.3. The summed E-state index contributed by atoms with van der Waals surface area (Å²) in [7, 11) is 0. The van der Waals surface area contributed by atoms with Crippen LogP contribution in [-0.2, 0) is 0 Å². The molecule has 1 fully saturated rings. The van der Waals surface area contributed by atoms with Crippen LogP contribution in [0.2, 0.25) is 0 Å². The van der Waals surface area contributed by atoms with Crippen molar-refractivity contribution in [3.63, 3.8) is 0 Å². The zero-order valence-electron chi connectivity index (χ0n) is 10.7. The number of halogens is 1. The van der Waals surface area contributed by atoms with E-state index in [1.54, 1.807) is 0 Å². The van der Waals surface area contributed by atoms with E-state index in [1.165, 1.54) is 12.8 Å². The van der Waals surface area contributed by atoms with Gasteiger partial charge in [-0.2, -0.15) is 0 Å². The molecule has 1 aliphatic rings. The van der Waals surface area contributed by atoms with Gasteiger partial charge in [-0.05, 0) is 50.3 Å². The zero-order chi connectivity index (χ0) is 13.1. The van der Waals surface area contributed by atoms with Gasteiger partial charge in [-0.25, -0.2) is 4.79 Å². The van der Waals surface area contributed by atoms with Crippen LogP contribution in [0.4, 0.5) is 4.79 Å². The van der Waals surface area contributed by atoms with Crippen molar-refractivity contribution >= 4 is 22.0 Å². The van der Waals surface area contributed by atoms with Gasteiger partial charge in [-0.3, -0.25) is 0 Å². The number of nitrogens with one attached hydrogen (secondary N) is 2. The van der Waals surface area contributed by atoms with Crippen molar-refractivity contribution in [2.75, 3.05) is 0 Å². The lowest BCUT2D eigenvalue weighted by Crippen LogP contribution is -2.42. The molecular weight excluding hydrogens is 292 g/mol. The second-order valence-corrected chi connectivity index (χ2v) is 5.94. The number of carbonyl (C=O) groups excluding carboxylic acids is 1. The molecule has 0 aliphatic heterocycles. The summed E-state index contributed by atoms with van der Waals surface area (Å²) in [4.78, 5) is 11.8. The van der Waals surface area contributed by atoms with Gasteiger partial charge in [0.05, 0.1) is 6.04 Å². The van der Waals surface area contributed by atoms with Crippen molar-refractivity contribution < 1.29 is 4.79 Å². The number of hydrogen-bond donors (Lipinski definition) is 2. The molecule has 4 heteroatoms. The highest BCUT2D eigenvalue weighted by Crippen LogP contribution is 2.32. The lowest BCUT2D eigenvalue weighted by molar-refractivity contribution is 0.233. The van der Waals surface area contributed by atoms with Crippen LogP contribution in [0.1, 0.15) is 38.3 Å². The molecule has 2 rings (SSSR count). The number of hydrogen-bond acceptors (Lipinski definition) is 1. The minimum absolute atomic E-state index is 0.00824. The second kappa shape index (κ2) is 5.74. The molecule has 0 heterocycles. The molecule has 2 amide bonds. The maximum Gasteiger partial charge on any atom is 0.315 e. The Hall–Kier alpha value is -1.03. The Morgan fingerprint density at radius 1 is 1.33 bits per heavy atom. The largest absolute Gasteiger partial charge is 0.335 e. The summed E-state index contributed by atoms with van der Waals surface area (Å²) in [5.74, 6) is 0.678. The molecule has 0 saturated heterocycles. The van der Waals surface area contributed by atoms with E-state index < -0.39 is 0 Å². The smallest absolute Gasteiger partial charge is 0.315 e. The van der Waals surface area contributed by atoms with Crippen molar-refractivity contribution in [1.29, 1.82) is 0 Å². The van der Waals surface area contributed by atoms with Crippen molar-refractivity contribution in [2.45, 2.75) is 38.8 Å². The SMILES string of the molecule is CC(NC(=O)NC(C)C1CC1)c1cccc(Br)c1. The van der Waals surface area contributed by atoms with Crippen LogP contribution in [0.3, 0.4) is 0 Å². The first-order valence-electron chi connectivity index (χ1n) is 6.39. The van der Waals surface area contributed by atoms with Gasteiger partial charge < -0.3 is 10.6 Å². The van der Waals surface area contributed by atoms with Gasteiger partial charge >= 0.3 is 6.03 Å². The fourth-order valence-corrected chi connectivity index (χ4v) is 2.44. The molecule has 1 aromatic carbocycles. The van der Waals surface area contributed by atoms with Crippen LogP contribution in [0.5, 0.6) is 0 Å². The molecule has 0 aromatic heterocycles. The van der Waals surface area contributed by atoms with E-state index in [0.29, 0.717) is 5.92 Å². The lowest BCUT2D eigenvalue weighted by atomic mass is 10.1. The molecule has 18 heavy (non-hydrogen) atoms. The van der Waals surface area contributed by atoms with Crippen molar-refractivity contribution in [3.8, 4) is 0 Å². The molecule has 1 aliphatic carbocycles. The van der Waals surface area contributed by atoms with Gasteiger partial charge in [0.2, 0.25) is 0 Å². The van der Waals surface area contributed by atoms with Crippen LogP contribution in [-0.4, -0.2) is 12.1 Å². The maximum absolute atomic E-state index is 11.8. The topological polar surface area (TPSA) is 41.1 Å². The summed E-state index contributed by atoms with van der Waals surface area (Å²) < 4.78 is 1.03. The van der Waals surface area contributed by atoms with Gasteiger partial charge in [-0.1, -0.05) is 28.1 Å². The molecular formula is C14H19BrN2O. The first-order chi connectivity index (χ1) is 8.56. The second-order valence-electron chi connectivity index (χ2n) is 5.02. The highest BCUT2D eigenvalue weighted by atomic mass is 79.9. The van der Waals surface area contributed by atoms with E-state index in [0.717, 1.165) is 10.0 Å². The van der Waals surface area contributed by atoms with Crippen LogP contribution in [0.15, 0.2) is 28.7 Å². The fourth-order valence-electron chi connectivity index (χ4n) is 2.02. The van der Waals surface area contributed by atoms with Gasteiger partial charge in [-0.15, -0.1) is 0 Å². The van der Waals surface area contributed by atoms with Crippen molar-refractivity contribution in [2.24, 2.45) is 5.92 Å². The van der Waals surface area contributed by atoms with Crippen LogP contribution in [0, 0.1) is 5.92 Å². The average molecular weight is 311 g/mol. The molecule has 1 saturated carbocycles.